The second kappa shape index (κ2) is 11.2. The predicted molar refractivity (Wildman–Crippen MR) is 133 cm³/mol. The number of hydrogen-bond donors (Lipinski definition) is 3. The third-order valence-corrected chi connectivity index (χ3v) is 6.38. The zero-order chi connectivity index (χ0) is 27.4. The lowest BCUT2D eigenvalue weighted by Gasteiger charge is -2.38. The Balaban J connectivity index is 1.58. The summed E-state index contributed by atoms with van der Waals surface area (Å²) in [5.74, 6) is -1.60. The number of nitrogens with zero attached hydrogens (tertiary/aromatic N) is 1. The van der Waals surface area contributed by atoms with Crippen molar-refractivity contribution in [3.05, 3.63) is 83.1 Å². The van der Waals surface area contributed by atoms with Crippen LogP contribution in [0, 0.1) is 5.82 Å². The molecule has 0 aliphatic carbocycles. The Morgan fingerprint density at radius 3 is 2.29 bits per heavy atom. The van der Waals surface area contributed by atoms with Crippen LogP contribution in [0.15, 0.2) is 66.7 Å². The third-order valence-electron chi connectivity index (χ3n) is 6.13. The first-order valence-corrected chi connectivity index (χ1v) is 11.8. The van der Waals surface area contributed by atoms with E-state index in [1.54, 1.807) is 24.3 Å². The van der Waals surface area contributed by atoms with E-state index in [0.29, 0.717) is 21.7 Å². The van der Waals surface area contributed by atoms with Crippen LogP contribution in [0.2, 0.25) is 5.02 Å². The number of carbonyl (C=O) groups excluding carboxylic acids is 1. The number of rotatable bonds is 5. The van der Waals surface area contributed by atoms with Gasteiger partial charge in [-0.15, -0.1) is 13.2 Å². The molecule has 1 saturated heterocycles. The van der Waals surface area contributed by atoms with Gasteiger partial charge in [0.05, 0.1) is 5.69 Å². The summed E-state index contributed by atoms with van der Waals surface area (Å²) >= 11 is 5.92. The Morgan fingerprint density at radius 1 is 1.00 bits per heavy atom. The maximum Gasteiger partial charge on any atom is 0.573 e. The molecule has 0 bridgehead atoms. The summed E-state index contributed by atoms with van der Waals surface area (Å²) in [5, 5.41) is 15.1. The summed E-state index contributed by atoms with van der Waals surface area (Å²) in [4.78, 5) is 25.7. The molecule has 38 heavy (non-hydrogen) atoms. The topological polar surface area (TPSA) is 90.9 Å². The van der Waals surface area contributed by atoms with Crippen molar-refractivity contribution in [2.24, 2.45) is 0 Å². The van der Waals surface area contributed by atoms with E-state index in [-0.39, 0.29) is 25.2 Å². The van der Waals surface area contributed by atoms with Crippen LogP contribution in [-0.2, 0) is 0 Å². The zero-order valence-corrected chi connectivity index (χ0v) is 20.4. The van der Waals surface area contributed by atoms with E-state index in [2.05, 4.69) is 15.4 Å². The molecule has 1 heterocycles. The van der Waals surface area contributed by atoms with E-state index in [4.69, 9.17) is 11.6 Å². The van der Waals surface area contributed by atoms with Gasteiger partial charge in [-0.3, -0.25) is 0 Å². The van der Waals surface area contributed by atoms with Crippen LogP contribution in [-0.4, -0.2) is 47.6 Å². The second-order valence-corrected chi connectivity index (χ2v) is 9.08. The van der Waals surface area contributed by atoms with Crippen LogP contribution >= 0.6 is 11.6 Å². The molecule has 3 N–H and O–H groups in total. The van der Waals surface area contributed by atoms with Crippen molar-refractivity contribution in [2.45, 2.75) is 24.7 Å². The number of piperidine rings is 1. The molecule has 2 atom stereocenters. The first-order chi connectivity index (χ1) is 18.0. The van der Waals surface area contributed by atoms with Gasteiger partial charge in [0.1, 0.15) is 5.82 Å². The maximum atomic E-state index is 13.5. The van der Waals surface area contributed by atoms with Gasteiger partial charge < -0.3 is 25.4 Å². The lowest BCUT2D eigenvalue weighted by Crippen LogP contribution is -2.51. The summed E-state index contributed by atoms with van der Waals surface area (Å²) in [7, 11) is 0. The van der Waals surface area contributed by atoms with E-state index in [9.17, 15) is 32.3 Å². The zero-order valence-electron chi connectivity index (χ0n) is 19.6. The van der Waals surface area contributed by atoms with Crippen molar-refractivity contribution < 1.29 is 37.0 Å². The van der Waals surface area contributed by atoms with Crippen molar-refractivity contribution in [1.82, 2.24) is 10.2 Å². The van der Waals surface area contributed by atoms with Crippen LogP contribution in [0.25, 0.3) is 11.1 Å². The van der Waals surface area contributed by atoms with E-state index in [1.165, 1.54) is 41.3 Å². The van der Waals surface area contributed by atoms with Gasteiger partial charge in [-0.2, -0.15) is 0 Å². The number of alkyl halides is 3. The molecular formula is C26H22ClF4N3O4. The molecular weight excluding hydrogens is 530 g/mol. The highest BCUT2D eigenvalue weighted by Gasteiger charge is 2.35. The summed E-state index contributed by atoms with van der Waals surface area (Å²) in [6.07, 6.45) is -5.89. The van der Waals surface area contributed by atoms with Crippen molar-refractivity contribution in [3.8, 4) is 16.9 Å². The number of halogens is 5. The van der Waals surface area contributed by atoms with Crippen LogP contribution in [0.3, 0.4) is 0 Å². The fourth-order valence-corrected chi connectivity index (χ4v) is 4.46. The number of likely N-dealkylation sites (tertiary alicyclic amines) is 1. The smallest absolute Gasteiger partial charge is 0.465 e. The van der Waals surface area contributed by atoms with Gasteiger partial charge in [-0.25, -0.2) is 14.0 Å². The quantitative estimate of drug-likeness (QED) is 0.308. The predicted octanol–water partition coefficient (Wildman–Crippen LogP) is 6.70. The molecule has 200 valence electrons. The average Bonchev–Trinajstić information content (AvgIpc) is 2.85. The number of carboxylic acid groups (broad SMARTS) is 1. The number of amides is 3. The Hall–Kier alpha value is -3.99. The highest BCUT2D eigenvalue weighted by atomic mass is 35.5. The molecule has 0 spiro atoms. The van der Waals surface area contributed by atoms with Crippen LogP contribution in [0.4, 0.5) is 32.8 Å². The Morgan fingerprint density at radius 2 is 1.66 bits per heavy atom. The molecule has 0 radical (unpaired) electrons. The maximum absolute atomic E-state index is 13.5. The summed E-state index contributed by atoms with van der Waals surface area (Å²) in [5.41, 5.74) is 1.53. The number of benzene rings is 3. The third kappa shape index (κ3) is 6.86. The lowest BCUT2D eigenvalue weighted by molar-refractivity contribution is -0.274. The largest absolute Gasteiger partial charge is 0.573 e. The Labute approximate surface area is 220 Å². The van der Waals surface area contributed by atoms with E-state index < -0.39 is 42.0 Å². The van der Waals surface area contributed by atoms with Gasteiger partial charge in [0.25, 0.3) is 0 Å². The molecule has 0 unspecified atom stereocenters. The first kappa shape index (κ1) is 27.1. The van der Waals surface area contributed by atoms with Crippen LogP contribution in [0.1, 0.15) is 17.9 Å². The highest BCUT2D eigenvalue weighted by molar-refractivity contribution is 6.30. The van der Waals surface area contributed by atoms with Gasteiger partial charge in [-0.05, 0) is 59.5 Å². The van der Waals surface area contributed by atoms with Crippen molar-refractivity contribution in [1.29, 1.82) is 0 Å². The molecule has 4 rings (SSSR count). The van der Waals surface area contributed by atoms with E-state index in [0.717, 1.165) is 6.07 Å². The van der Waals surface area contributed by atoms with Gasteiger partial charge in [-0.1, -0.05) is 41.9 Å². The normalized spacial score (nSPS) is 17.6. The van der Waals surface area contributed by atoms with E-state index in [1.807, 2.05) is 0 Å². The first-order valence-electron chi connectivity index (χ1n) is 11.4. The SMILES string of the molecule is O=C(Nc1cc(-c2ccc(Cl)cc2)ccc1OC(F)(F)F)N[C@@H]1CCN(C(=O)O)C[C@H]1c1ccc(F)cc1. The number of carbonyl (C=O) groups is 2. The van der Waals surface area contributed by atoms with Crippen molar-refractivity contribution in [2.75, 3.05) is 18.4 Å². The minimum Gasteiger partial charge on any atom is -0.465 e. The molecule has 7 nitrogen and oxygen atoms in total. The Kier molecular flexibility index (Phi) is 7.96. The van der Waals surface area contributed by atoms with Crippen molar-refractivity contribution >= 4 is 29.4 Å². The van der Waals surface area contributed by atoms with Gasteiger partial charge in [0, 0.05) is 30.1 Å². The number of ether oxygens (including phenoxy) is 1. The summed E-state index contributed by atoms with van der Waals surface area (Å²) in [6.45, 7) is 0.173. The molecule has 3 amide bonds. The number of nitrogens with one attached hydrogen (secondary N) is 2. The molecule has 3 aromatic rings. The van der Waals surface area contributed by atoms with Crippen LogP contribution in [0.5, 0.6) is 5.75 Å². The molecule has 12 heteroatoms. The van der Waals surface area contributed by atoms with Crippen molar-refractivity contribution in [3.63, 3.8) is 0 Å². The fraction of sp³-hybridized carbons (Fsp3) is 0.231. The molecule has 1 fully saturated rings. The van der Waals surface area contributed by atoms with Gasteiger partial charge in [0.2, 0.25) is 0 Å². The molecule has 3 aromatic carbocycles. The molecule has 0 aromatic heterocycles. The average molecular weight is 552 g/mol. The number of urea groups is 1. The standard InChI is InChI=1S/C26H22ClF4N3O4/c27-18-6-1-15(2-7-18)17-5-10-23(38-26(29,30)31)22(13-17)33-24(35)32-21-11-12-34(25(36)37)14-20(21)16-3-8-19(28)9-4-16/h1-10,13,20-21H,11-12,14H2,(H,36,37)(H2,32,33,35)/t20-,21+/m0/s1. The Bertz CT molecular complexity index is 1300. The molecule has 1 aliphatic heterocycles. The lowest BCUT2D eigenvalue weighted by atomic mass is 9.86. The minimum absolute atomic E-state index is 0.0421. The second-order valence-electron chi connectivity index (χ2n) is 8.65. The van der Waals surface area contributed by atoms with Gasteiger partial charge >= 0.3 is 18.5 Å². The molecule has 1 aliphatic rings. The minimum atomic E-state index is -4.99. The van der Waals surface area contributed by atoms with Crippen LogP contribution < -0.4 is 15.4 Å². The monoisotopic (exact) mass is 551 g/mol. The van der Waals surface area contributed by atoms with E-state index >= 15 is 0 Å². The number of hydrogen-bond acceptors (Lipinski definition) is 3. The number of anilines is 1. The van der Waals surface area contributed by atoms with Gasteiger partial charge in [0.15, 0.2) is 5.75 Å². The highest BCUT2D eigenvalue weighted by Crippen LogP contribution is 2.35. The summed E-state index contributed by atoms with van der Waals surface area (Å²) < 4.78 is 56.6. The fourth-order valence-electron chi connectivity index (χ4n) is 4.34. The molecule has 0 saturated carbocycles. The summed E-state index contributed by atoms with van der Waals surface area (Å²) in [6, 6.07) is 14.5.